The van der Waals surface area contributed by atoms with Crippen LogP contribution in [0.1, 0.15) is 40.7 Å². The molecule has 1 amide bonds. The first-order valence-corrected chi connectivity index (χ1v) is 11.6. The molecule has 1 atom stereocenters. The number of nitrogens with two attached hydrogens (primary N) is 1. The third-order valence-corrected chi connectivity index (χ3v) is 7.46. The second-order valence-corrected chi connectivity index (χ2v) is 9.31. The summed E-state index contributed by atoms with van der Waals surface area (Å²) in [5, 5.41) is 1.27. The lowest BCUT2D eigenvalue weighted by Gasteiger charge is -2.39. The average Bonchev–Trinajstić information content (AvgIpc) is 3.12. The Hall–Kier alpha value is -2.51. The van der Waals surface area contributed by atoms with E-state index in [1.165, 1.54) is 35.1 Å². The quantitative estimate of drug-likeness (QED) is 0.700. The first kappa shape index (κ1) is 19.5. The van der Waals surface area contributed by atoms with E-state index in [0.717, 1.165) is 54.6 Å². The lowest BCUT2D eigenvalue weighted by atomic mass is 9.96. The van der Waals surface area contributed by atoms with Crippen molar-refractivity contribution in [3.05, 3.63) is 52.2 Å². The Morgan fingerprint density at radius 3 is 2.53 bits per heavy atom. The Labute approximate surface area is 180 Å². The van der Waals surface area contributed by atoms with Crippen molar-refractivity contribution >= 4 is 33.3 Å². The summed E-state index contributed by atoms with van der Waals surface area (Å²) in [6, 6.07) is 9.47. The predicted octanol–water partition coefficient (Wildman–Crippen LogP) is 3.23. The van der Waals surface area contributed by atoms with Gasteiger partial charge in [-0.2, -0.15) is 0 Å². The van der Waals surface area contributed by atoms with Crippen LogP contribution < -0.4 is 10.6 Å². The van der Waals surface area contributed by atoms with Crippen molar-refractivity contribution in [3.8, 4) is 0 Å². The van der Waals surface area contributed by atoms with E-state index in [4.69, 9.17) is 15.7 Å². The highest BCUT2D eigenvalue weighted by molar-refractivity contribution is 7.19. The molecule has 0 saturated carbocycles. The van der Waals surface area contributed by atoms with Crippen LogP contribution in [-0.2, 0) is 17.6 Å². The molecule has 0 spiro atoms. The molecule has 1 aliphatic heterocycles. The summed E-state index contributed by atoms with van der Waals surface area (Å²) in [5.41, 5.74) is 8.22. The Balaban J connectivity index is 1.42. The number of fused-ring (bicyclic) bond motifs is 3. The number of carbonyl (C=O) groups is 1. The summed E-state index contributed by atoms with van der Waals surface area (Å²) in [5.74, 6) is 1.62. The number of anilines is 1. The Kier molecular flexibility index (Phi) is 5.16. The maximum Gasteiger partial charge on any atom is 0.239 e. The van der Waals surface area contributed by atoms with Crippen molar-refractivity contribution in [2.24, 2.45) is 5.73 Å². The van der Waals surface area contributed by atoms with Crippen LogP contribution in [0.5, 0.6) is 0 Å². The molecule has 2 aromatic heterocycles. The van der Waals surface area contributed by atoms with Crippen LogP contribution in [0.2, 0.25) is 0 Å². The van der Waals surface area contributed by atoms with E-state index >= 15 is 0 Å². The van der Waals surface area contributed by atoms with Gasteiger partial charge < -0.3 is 10.6 Å². The molecule has 1 aliphatic carbocycles. The van der Waals surface area contributed by atoms with Crippen LogP contribution in [-0.4, -0.2) is 47.0 Å². The number of hydrogen-bond donors (Lipinski definition) is 1. The van der Waals surface area contributed by atoms with E-state index in [2.05, 4.69) is 9.80 Å². The molecule has 5 rings (SSSR count). The summed E-state index contributed by atoms with van der Waals surface area (Å²) in [6.07, 6.45) is 4.82. The number of hydrogen-bond acceptors (Lipinski definition) is 6. The molecule has 2 aliphatic rings. The maximum atomic E-state index is 12.2. The minimum Gasteiger partial charge on any atom is -0.368 e. The fourth-order valence-electron chi connectivity index (χ4n) is 4.85. The normalized spacial score (nSPS) is 18.4. The van der Waals surface area contributed by atoms with Gasteiger partial charge in [0, 0.05) is 31.1 Å². The van der Waals surface area contributed by atoms with E-state index in [1.54, 1.807) is 0 Å². The summed E-state index contributed by atoms with van der Waals surface area (Å²) in [4.78, 5) is 29.1. The van der Waals surface area contributed by atoms with E-state index in [0.29, 0.717) is 0 Å². The molecule has 6 nitrogen and oxygen atoms in total. The van der Waals surface area contributed by atoms with Crippen molar-refractivity contribution in [1.82, 2.24) is 14.9 Å². The Morgan fingerprint density at radius 1 is 1.07 bits per heavy atom. The molecule has 2 N–H and O–H groups in total. The van der Waals surface area contributed by atoms with Gasteiger partial charge in [0.05, 0.1) is 5.39 Å². The molecule has 0 bridgehead atoms. The van der Waals surface area contributed by atoms with Gasteiger partial charge in [0.1, 0.15) is 22.5 Å². The van der Waals surface area contributed by atoms with Gasteiger partial charge in [-0.3, -0.25) is 9.69 Å². The minimum absolute atomic E-state index is 0.290. The van der Waals surface area contributed by atoms with Gasteiger partial charge in [-0.1, -0.05) is 30.3 Å². The van der Waals surface area contributed by atoms with Crippen molar-refractivity contribution in [3.63, 3.8) is 0 Å². The Bertz CT molecular complexity index is 1070. The third kappa shape index (κ3) is 3.46. The molecule has 7 heteroatoms. The number of piperazine rings is 1. The number of rotatable bonds is 4. The zero-order valence-corrected chi connectivity index (χ0v) is 18.1. The number of primary amides is 1. The summed E-state index contributed by atoms with van der Waals surface area (Å²) in [7, 11) is 0. The maximum absolute atomic E-state index is 12.2. The van der Waals surface area contributed by atoms with E-state index < -0.39 is 0 Å². The van der Waals surface area contributed by atoms with Crippen LogP contribution >= 0.6 is 11.3 Å². The van der Waals surface area contributed by atoms with Crippen molar-refractivity contribution < 1.29 is 4.79 Å². The van der Waals surface area contributed by atoms with Gasteiger partial charge in [-0.05, 0) is 43.7 Å². The number of nitrogens with zero attached hydrogens (tertiary/aromatic N) is 4. The fourth-order valence-corrected chi connectivity index (χ4v) is 6.15. The van der Waals surface area contributed by atoms with Crippen LogP contribution in [0.15, 0.2) is 30.3 Å². The van der Waals surface area contributed by atoms with Crippen LogP contribution in [0.3, 0.4) is 0 Å². The minimum atomic E-state index is -0.380. The number of benzene rings is 1. The second kappa shape index (κ2) is 7.96. The highest BCUT2D eigenvalue weighted by Crippen LogP contribution is 2.40. The lowest BCUT2D eigenvalue weighted by Crippen LogP contribution is -2.50. The third-order valence-electron chi connectivity index (χ3n) is 6.27. The van der Waals surface area contributed by atoms with Crippen LogP contribution in [0.4, 0.5) is 5.82 Å². The molecule has 30 heavy (non-hydrogen) atoms. The van der Waals surface area contributed by atoms with Gasteiger partial charge in [-0.15, -0.1) is 11.3 Å². The standard InChI is InChI=1S/C23H27N5OS/c1-15-25-22(19-17-9-5-6-10-18(17)30-23(19)26-15)28-13-11-27(12-14-28)20(21(24)29)16-7-3-2-4-8-16/h2-4,7-8,20H,5-6,9-14H2,1H3,(H2,24,29). The van der Waals surface area contributed by atoms with Crippen molar-refractivity contribution in [2.75, 3.05) is 31.1 Å². The van der Waals surface area contributed by atoms with Gasteiger partial charge in [0.25, 0.3) is 0 Å². The number of aryl methyl sites for hydroxylation is 3. The smallest absolute Gasteiger partial charge is 0.239 e. The van der Waals surface area contributed by atoms with Gasteiger partial charge >= 0.3 is 0 Å². The molecule has 0 radical (unpaired) electrons. The number of thiophene rings is 1. The molecule has 1 unspecified atom stereocenters. The number of carbonyl (C=O) groups excluding carboxylic acids is 1. The average molecular weight is 422 g/mol. The largest absolute Gasteiger partial charge is 0.368 e. The number of aromatic nitrogens is 2. The van der Waals surface area contributed by atoms with E-state index in [-0.39, 0.29) is 11.9 Å². The molecular formula is C23H27N5OS. The predicted molar refractivity (Wildman–Crippen MR) is 121 cm³/mol. The molecule has 3 aromatic rings. The zero-order valence-electron chi connectivity index (χ0n) is 17.3. The lowest BCUT2D eigenvalue weighted by molar-refractivity contribution is -0.123. The highest BCUT2D eigenvalue weighted by atomic mass is 32.1. The molecular weight excluding hydrogens is 394 g/mol. The molecule has 1 saturated heterocycles. The molecule has 3 heterocycles. The monoisotopic (exact) mass is 421 g/mol. The van der Waals surface area contributed by atoms with E-state index in [9.17, 15) is 4.79 Å². The summed E-state index contributed by atoms with van der Waals surface area (Å²) < 4.78 is 0. The SMILES string of the molecule is Cc1nc(N2CCN(C(C(N)=O)c3ccccc3)CC2)c2c3c(sc2n1)CCCC3. The van der Waals surface area contributed by atoms with Gasteiger partial charge in [0.2, 0.25) is 5.91 Å². The van der Waals surface area contributed by atoms with Gasteiger partial charge in [-0.25, -0.2) is 9.97 Å². The van der Waals surface area contributed by atoms with Crippen molar-refractivity contribution in [1.29, 1.82) is 0 Å². The summed E-state index contributed by atoms with van der Waals surface area (Å²) in [6.45, 7) is 5.19. The fraction of sp³-hybridized carbons (Fsp3) is 0.435. The first-order chi connectivity index (χ1) is 14.6. The van der Waals surface area contributed by atoms with Crippen molar-refractivity contribution in [2.45, 2.75) is 38.6 Å². The van der Waals surface area contributed by atoms with Crippen LogP contribution in [0, 0.1) is 6.92 Å². The van der Waals surface area contributed by atoms with E-state index in [1.807, 2.05) is 48.6 Å². The topological polar surface area (TPSA) is 75.3 Å². The Morgan fingerprint density at radius 2 is 1.80 bits per heavy atom. The molecule has 1 fully saturated rings. The molecule has 156 valence electrons. The highest BCUT2D eigenvalue weighted by Gasteiger charge is 2.31. The van der Waals surface area contributed by atoms with Crippen LogP contribution in [0.25, 0.3) is 10.2 Å². The number of amides is 1. The zero-order chi connectivity index (χ0) is 20.7. The summed E-state index contributed by atoms with van der Waals surface area (Å²) >= 11 is 1.85. The second-order valence-electron chi connectivity index (χ2n) is 8.22. The van der Waals surface area contributed by atoms with Gasteiger partial charge in [0.15, 0.2) is 0 Å². The molecule has 1 aromatic carbocycles. The first-order valence-electron chi connectivity index (χ1n) is 10.7.